The van der Waals surface area contributed by atoms with Crippen LogP contribution in [0, 0.1) is 0 Å². The van der Waals surface area contributed by atoms with E-state index in [9.17, 15) is 9.59 Å². The Morgan fingerprint density at radius 3 is 2.14 bits per heavy atom. The van der Waals surface area contributed by atoms with E-state index < -0.39 is 0 Å². The van der Waals surface area contributed by atoms with Gasteiger partial charge in [-0.3, -0.25) is 9.59 Å². The average Bonchev–Trinajstić information content (AvgIpc) is 2.33. The van der Waals surface area contributed by atoms with Crippen molar-refractivity contribution in [3.05, 3.63) is 0 Å². The van der Waals surface area contributed by atoms with E-state index in [1.165, 1.54) is 0 Å². The third-order valence-electron chi connectivity index (χ3n) is 1.61. The molecule has 0 aromatic carbocycles. The van der Waals surface area contributed by atoms with Crippen LogP contribution >= 0.6 is 0 Å². The van der Waals surface area contributed by atoms with Crippen LogP contribution in [0.15, 0.2) is 0 Å². The van der Waals surface area contributed by atoms with Crippen molar-refractivity contribution in [2.24, 2.45) is 0 Å². The van der Waals surface area contributed by atoms with Gasteiger partial charge in [0.15, 0.2) is 0 Å². The molecule has 82 valence electrons. The molecular weight excluding hydrogens is 182 g/mol. The van der Waals surface area contributed by atoms with E-state index in [0.717, 1.165) is 12.8 Å². The number of hydrogen-bond donors (Lipinski definition) is 1. The molecule has 0 unspecified atom stereocenters. The molecular formula is C10H19NO3. The quantitative estimate of drug-likeness (QED) is 0.649. The van der Waals surface area contributed by atoms with Gasteiger partial charge in [-0.1, -0.05) is 0 Å². The lowest BCUT2D eigenvalue weighted by atomic mass is 10.2. The molecule has 4 heteroatoms. The Morgan fingerprint density at radius 1 is 1.50 bits per heavy atom. The maximum absolute atomic E-state index is 10.3. The van der Waals surface area contributed by atoms with Crippen molar-refractivity contribution in [3.8, 4) is 0 Å². The molecule has 1 saturated heterocycles. The lowest BCUT2D eigenvalue weighted by molar-refractivity contribution is -0.138. The van der Waals surface area contributed by atoms with E-state index in [-0.39, 0.29) is 11.5 Å². The first-order chi connectivity index (χ1) is 6.35. The SMILES string of the molecule is CC(C)(C)OC=O.C[C@@H]1CCC(=O)N1. The molecule has 0 spiro atoms. The van der Waals surface area contributed by atoms with Crippen molar-refractivity contribution in [2.45, 2.75) is 52.2 Å². The van der Waals surface area contributed by atoms with Gasteiger partial charge in [0.2, 0.25) is 5.91 Å². The van der Waals surface area contributed by atoms with Gasteiger partial charge in [0.25, 0.3) is 6.47 Å². The van der Waals surface area contributed by atoms with Gasteiger partial charge >= 0.3 is 0 Å². The van der Waals surface area contributed by atoms with E-state index in [4.69, 9.17) is 0 Å². The third-order valence-corrected chi connectivity index (χ3v) is 1.61. The molecule has 1 aliphatic rings. The van der Waals surface area contributed by atoms with Crippen LogP contribution in [0.3, 0.4) is 0 Å². The van der Waals surface area contributed by atoms with Gasteiger partial charge in [-0.25, -0.2) is 0 Å². The lowest BCUT2D eigenvalue weighted by Crippen LogP contribution is -2.21. The fraction of sp³-hybridized carbons (Fsp3) is 0.800. The molecule has 0 radical (unpaired) electrons. The fourth-order valence-electron chi connectivity index (χ4n) is 0.911. The predicted molar refractivity (Wildman–Crippen MR) is 53.7 cm³/mol. The Hall–Kier alpha value is -1.06. The Balaban J connectivity index is 0.000000241. The molecule has 4 nitrogen and oxygen atoms in total. The summed E-state index contributed by atoms with van der Waals surface area (Å²) >= 11 is 0. The van der Waals surface area contributed by atoms with Crippen molar-refractivity contribution >= 4 is 12.4 Å². The standard InChI is InChI=1S/C5H9NO.C5H10O2/c1-4-2-3-5(7)6-4;1-5(2,3)7-4-6/h4H,2-3H2,1H3,(H,6,7);4H,1-3H3/t4-;/m1./s1. The second kappa shape index (κ2) is 5.62. The van der Waals surface area contributed by atoms with E-state index in [2.05, 4.69) is 10.1 Å². The van der Waals surface area contributed by atoms with Crippen LogP contribution in [0.1, 0.15) is 40.5 Å². The molecule has 14 heavy (non-hydrogen) atoms. The van der Waals surface area contributed by atoms with Crippen LogP contribution in [0.2, 0.25) is 0 Å². The van der Waals surface area contributed by atoms with Gasteiger partial charge in [0.1, 0.15) is 5.60 Å². The molecule has 1 fully saturated rings. The number of carbonyl (C=O) groups is 2. The number of nitrogens with one attached hydrogen (secondary N) is 1. The molecule has 0 saturated carbocycles. The highest BCUT2D eigenvalue weighted by Gasteiger charge is 2.14. The highest BCUT2D eigenvalue weighted by molar-refractivity contribution is 5.78. The van der Waals surface area contributed by atoms with Crippen LogP contribution < -0.4 is 5.32 Å². The van der Waals surface area contributed by atoms with E-state index in [1.54, 1.807) is 0 Å². The molecule has 1 rings (SSSR count). The summed E-state index contributed by atoms with van der Waals surface area (Å²) in [4.78, 5) is 19.9. The summed E-state index contributed by atoms with van der Waals surface area (Å²) in [6, 6.07) is 0.424. The summed E-state index contributed by atoms with van der Waals surface area (Å²) in [6.07, 6.45) is 1.74. The molecule has 1 N–H and O–H groups in total. The first-order valence-electron chi connectivity index (χ1n) is 4.76. The number of ether oxygens (including phenoxy) is 1. The lowest BCUT2D eigenvalue weighted by Gasteiger charge is -2.14. The van der Waals surface area contributed by atoms with Gasteiger partial charge in [0, 0.05) is 12.5 Å². The minimum atomic E-state index is -0.318. The molecule has 0 aromatic heterocycles. The van der Waals surface area contributed by atoms with Crippen LogP contribution in [-0.2, 0) is 14.3 Å². The number of rotatable bonds is 1. The molecule has 0 aromatic rings. The zero-order valence-corrected chi connectivity index (χ0v) is 9.29. The minimum Gasteiger partial charge on any atom is -0.462 e. The second-order valence-electron chi connectivity index (χ2n) is 4.33. The first kappa shape index (κ1) is 12.9. The molecule has 1 heterocycles. The molecule has 1 aliphatic heterocycles. The van der Waals surface area contributed by atoms with E-state index in [0.29, 0.717) is 12.5 Å². The molecule has 1 atom stereocenters. The van der Waals surface area contributed by atoms with Crippen molar-refractivity contribution < 1.29 is 14.3 Å². The van der Waals surface area contributed by atoms with Crippen molar-refractivity contribution in [1.82, 2.24) is 5.32 Å². The van der Waals surface area contributed by atoms with E-state index >= 15 is 0 Å². The van der Waals surface area contributed by atoms with Gasteiger partial charge in [-0.2, -0.15) is 0 Å². The molecule has 0 aliphatic carbocycles. The molecule has 0 bridgehead atoms. The maximum Gasteiger partial charge on any atom is 0.293 e. The summed E-state index contributed by atoms with van der Waals surface area (Å²) in [6.45, 7) is 7.94. The molecule has 1 amide bonds. The monoisotopic (exact) mass is 201 g/mol. The van der Waals surface area contributed by atoms with Gasteiger partial charge in [-0.05, 0) is 34.1 Å². The van der Waals surface area contributed by atoms with Gasteiger partial charge in [-0.15, -0.1) is 0 Å². The zero-order valence-electron chi connectivity index (χ0n) is 9.29. The zero-order chi connectivity index (χ0) is 11.2. The Bertz CT molecular complexity index is 196. The Labute approximate surface area is 85.0 Å². The van der Waals surface area contributed by atoms with Crippen molar-refractivity contribution in [3.63, 3.8) is 0 Å². The summed E-state index contributed by atoms with van der Waals surface area (Å²) in [7, 11) is 0. The van der Waals surface area contributed by atoms with Crippen molar-refractivity contribution in [1.29, 1.82) is 0 Å². The summed E-state index contributed by atoms with van der Waals surface area (Å²) < 4.78 is 4.55. The number of carbonyl (C=O) groups excluding carboxylic acids is 2. The van der Waals surface area contributed by atoms with Gasteiger partial charge in [0.05, 0.1) is 0 Å². The number of amides is 1. The van der Waals surface area contributed by atoms with E-state index in [1.807, 2.05) is 27.7 Å². The fourth-order valence-corrected chi connectivity index (χ4v) is 0.911. The highest BCUT2D eigenvalue weighted by atomic mass is 16.5. The Kier molecular flexibility index (Phi) is 5.20. The highest BCUT2D eigenvalue weighted by Crippen LogP contribution is 2.03. The first-order valence-corrected chi connectivity index (χ1v) is 4.76. The van der Waals surface area contributed by atoms with Crippen LogP contribution in [-0.4, -0.2) is 24.0 Å². The second-order valence-corrected chi connectivity index (χ2v) is 4.33. The smallest absolute Gasteiger partial charge is 0.293 e. The minimum absolute atomic E-state index is 0.201. The van der Waals surface area contributed by atoms with Crippen LogP contribution in [0.25, 0.3) is 0 Å². The summed E-state index contributed by atoms with van der Waals surface area (Å²) in [5.41, 5.74) is -0.318. The summed E-state index contributed by atoms with van der Waals surface area (Å²) in [5, 5.41) is 2.78. The van der Waals surface area contributed by atoms with Gasteiger partial charge < -0.3 is 10.1 Å². The topological polar surface area (TPSA) is 55.4 Å². The number of hydrogen-bond acceptors (Lipinski definition) is 3. The normalized spacial score (nSPS) is 20.6. The van der Waals surface area contributed by atoms with Crippen LogP contribution in [0.4, 0.5) is 0 Å². The van der Waals surface area contributed by atoms with Crippen molar-refractivity contribution in [2.75, 3.05) is 0 Å². The Morgan fingerprint density at radius 2 is 2.07 bits per heavy atom. The third kappa shape index (κ3) is 7.58. The average molecular weight is 201 g/mol. The largest absolute Gasteiger partial charge is 0.462 e. The van der Waals surface area contributed by atoms with Crippen LogP contribution in [0.5, 0.6) is 0 Å². The predicted octanol–water partition coefficient (Wildman–Crippen LogP) is 1.24. The summed E-state index contributed by atoms with van der Waals surface area (Å²) in [5.74, 6) is 0.201. The maximum atomic E-state index is 10.3.